The van der Waals surface area contributed by atoms with Gasteiger partial charge in [-0.25, -0.2) is 0 Å². The summed E-state index contributed by atoms with van der Waals surface area (Å²) in [6.45, 7) is 5.91. The molecule has 2 aromatic rings. The van der Waals surface area contributed by atoms with Crippen molar-refractivity contribution in [3.63, 3.8) is 0 Å². The Labute approximate surface area is 166 Å². The van der Waals surface area contributed by atoms with E-state index in [0.29, 0.717) is 0 Å². The molecule has 1 aromatic heterocycles. The fourth-order valence-corrected chi connectivity index (χ4v) is 4.24. The Morgan fingerprint density at radius 1 is 1.26 bits per heavy atom. The van der Waals surface area contributed by atoms with Crippen LogP contribution in [0.15, 0.2) is 50.9 Å². The van der Waals surface area contributed by atoms with Gasteiger partial charge in [0.2, 0.25) is 0 Å². The number of hydrogen-bond donors (Lipinski definition) is 2. The molecule has 3 rings (SSSR count). The first-order valence-corrected chi connectivity index (χ1v) is 10.8. The van der Waals surface area contributed by atoms with Gasteiger partial charge in [0.15, 0.2) is 5.96 Å². The topological polar surface area (TPSA) is 52.8 Å². The standard InChI is InChI=1S/C21H30N4OS/c1-16-8-9-17(20(13-16)27-3)14-23-21(22-2)24-15-18(19-7-6-12-26-19)25-10-4-5-11-25/h6-9,12-13,18H,4-5,10-11,14-15H2,1-3H3,(H2,22,23,24). The number of nitrogens with zero attached hydrogens (tertiary/aromatic N) is 2. The summed E-state index contributed by atoms with van der Waals surface area (Å²) in [4.78, 5) is 8.19. The number of likely N-dealkylation sites (tertiary alicyclic amines) is 1. The van der Waals surface area contributed by atoms with Gasteiger partial charge in [0.05, 0.1) is 12.3 Å². The largest absolute Gasteiger partial charge is 0.468 e. The molecule has 1 fully saturated rings. The maximum absolute atomic E-state index is 5.70. The smallest absolute Gasteiger partial charge is 0.191 e. The number of guanidine groups is 1. The highest BCUT2D eigenvalue weighted by molar-refractivity contribution is 7.98. The minimum absolute atomic E-state index is 0.238. The van der Waals surface area contributed by atoms with Crippen LogP contribution < -0.4 is 10.6 Å². The third-order valence-electron chi connectivity index (χ3n) is 5.03. The van der Waals surface area contributed by atoms with Crippen molar-refractivity contribution in [1.29, 1.82) is 0 Å². The van der Waals surface area contributed by atoms with Crippen LogP contribution in [0.2, 0.25) is 0 Å². The van der Waals surface area contributed by atoms with Gasteiger partial charge in [-0.3, -0.25) is 9.89 Å². The molecular formula is C21H30N4OS. The lowest BCUT2D eigenvalue weighted by Gasteiger charge is -2.26. The molecule has 1 saturated heterocycles. The van der Waals surface area contributed by atoms with E-state index < -0.39 is 0 Å². The van der Waals surface area contributed by atoms with E-state index in [0.717, 1.165) is 37.9 Å². The second-order valence-corrected chi connectivity index (χ2v) is 7.74. The number of aryl methyl sites for hydroxylation is 1. The molecule has 2 N–H and O–H groups in total. The minimum atomic E-state index is 0.238. The first-order valence-electron chi connectivity index (χ1n) is 9.56. The van der Waals surface area contributed by atoms with E-state index in [9.17, 15) is 0 Å². The Kier molecular flexibility index (Phi) is 7.24. The summed E-state index contributed by atoms with van der Waals surface area (Å²) >= 11 is 1.78. The average Bonchev–Trinajstić information content (AvgIpc) is 3.39. The molecule has 146 valence electrons. The van der Waals surface area contributed by atoms with E-state index >= 15 is 0 Å². The molecule has 6 heteroatoms. The predicted octanol–water partition coefficient (Wildman–Crippen LogP) is 3.81. The highest BCUT2D eigenvalue weighted by Gasteiger charge is 2.25. The molecule has 27 heavy (non-hydrogen) atoms. The lowest BCUT2D eigenvalue weighted by Crippen LogP contribution is -2.42. The third kappa shape index (κ3) is 5.30. The molecule has 0 aliphatic carbocycles. The van der Waals surface area contributed by atoms with Crippen LogP contribution >= 0.6 is 11.8 Å². The lowest BCUT2D eigenvalue weighted by atomic mass is 10.1. The molecule has 2 heterocycles. The quantitative estimate of drug-likeness (QED) is 0.430. The molecule has 0 radical (unpaired) electrons. The van der Waals surface area contributed by atoms with Crippen molar-refractivity contribution in [2.75, 3.05) is 32.9 Å². The fraction of sp³-hybridized carbons (Fsp3) is 0.476. The monoisotopic (exact) mass is 386 g/mol. The van der Waals surface area contributed by atoms with Gasteiger partial charge in [0.1, 0.15) is 5.76 Å². The Balaban J connectivity index is 1.59. The van der Waals surface area contributed by atoms with Gasteiger partial charge in [-0.2, -0.15) is 0 Å². The van der Waals surface area contributed by atoms with Crippen LogP contribution in [0.5, 0.6) is 0 Å². The molecule has 0 amide bonds. The highest BCUT2D eigenvalue weighted by Crippen LogP contribution is 2.25. The van der Waals surface area contributed by atoms with Crippen LogP contribution in [0.25, 0.3) is 0 Å². The van der Waals surface area contributed by atoms with E-state index in [1.54, 1.807) is 18.0 Å². The molecule has 1 aliphatic rings. The van der Waals surface area contributed by atoms with Crippen molar-refractivity contribution in [2.45, 2.75) is 37.2 Å². The maximum Gasteiger partial charge on any atom is 0.191 e. The Bertz CT molecular complexity index is 739. The van der Waals surface area contributed by atoms with Crippen LogP contribution in [0.4, 0.5) is 0 Å². The number of thioether (sulfide) groups is 1. The lowest BCUT2D eigenvalue weighted by molar-refractivity contribution is 0.215. The van der Waals surface area contributed by atoms with Crippen molar-refractivity contribution in [2.24, 2.45) is 4.99 Å². The van der Waals surface area contributed by atoms with Crippen molar-refractivity contribution in [3.05, 3.63) is 53.5 Å². The van der Waals surface area contributed by atoms with Crippen molar-refractivity contribution in [3.8, 4) is 0 Å². The summed E-state index contributed by atoms with van der Waals surface area (Å²) in [6, 6.07) is 10.9. The minimum Gasteiger partial charge on any atom is -0.468 e. The van der Waals surface area contributed by atoms with Crippen molar-refractivity contribution in [1.82, 2.24) is 15.5 Å². The summed E-state index contributed by atoms with van der Waals surface area (Å²) in [6.07, 6.45) is 6.40. The van der Waals surface area contributed by atoms with Gasteiger partial charge in [0.25, 0.3) is 0 Å². The van der Waals surface area contributed by atoms with Crippen LogP contribution in [-0.4, -0.2) is 43.8 Å². The summed E-state index contributed by atoms with van der Waals surface area (Å²) < 4.78 is 5.70. The SMILES string of the molecule is CN=C(NCc1ccc(C)cc1SC)NCC(c1ccco1)N1CCCC1. The Hall–Kier alpha value is -1.92. The average molecular weight is 387 g/mol. The number of hydrogen-bond acceptors (Lipinski definition) is 4. The zero-order chi connectivity index (χ0) is 19.1. The molecule has 0 saturated carbocycles. The summed E-state index contributed by atoms with van der Waals surface area (Å²) in [5, 5.41) is 6.93. The predicted molar refractivity (Wildman–Crippen MR) is 113 cm³/mol. The van der Waals surface area contributed by atoms with Gasteiger partial charge in [0, 0.05) is 25.0 Å². The van der Waals surface area contributed by atoms with E-state index in [1.165, 1.54) is 28.9 Å². The summed E-state index contributed by atoms with van der Waals surface area (Å²) in [7, 11) is 1.82. The zero-order valence-electron chi connectivity index (χ0n) is 16.5. The molecule has 1 aromatic carbocycles. The molecular weight excluding hydrogens is 356 g/mol. The van der Waals surface area contributed by atoms with E-state index in [1.807, 2.05) is 13.1 Å². The number of benzene rings is 1. The third-order valence-corrected chi connectivity index (χ3v) is 5.85. The summed E-state index contributed by atoms with van der Waals surface area (Å²) in [5.41, 5.74) is 2.58. The first-order chi connectivity index (χ1) is 13.2. The van der Waals surface area contributed by atoms with Crippen LogP contribution in [0.1, 0.15) is 35.8 Å². The highest BCUT2D eigenvalue weighted by atomic mass is 32.2. The molecule has 1 atom stereocenters. The second kappa shape index (κ2) is 9.85. The number of aliphatic imine (C=N–C) groups is 1. The molecule has 0 bridgehead atoms. The zero-order valence-corrected chi connectivity index (χ0v) is 17.3. The molecule has 5 nitrogen and oxygen atoms in total. The van der Waals surface area contributed by atoms with Crippen molar-refractivity contribution < 1.29 is 4.42 Å². The fourth-order valence-electron chi connectivity index (χ4n) is 3.53. The summed E-state index contributed by atoms with van der Waals surface area (Å²) in [5.74, 6) is 1.83. The van der Waals surface area contributed by atoms with Gasteiger partial charge in [-0.15, -0.1) is 11.8 Å². The van der Waals surface area contributed by atoms with Gasteiger partial charge in [-0.1, -0.05) is 12.1 Å². The van der Waals surface area contributed by atoms with Crippen LogP contribution in [0, 0.1) is 6.92 Å². The van der Waals surface area contributed by atoms with E-state index in [2.05, 4.69) is 58.0 Å². The van der Waals surface area contributed by atoms with Gasteiger partial charge in [-0.05, 0) is 68.4 Å². The molecule has 1 aliphatic heterocycles. The first kappa shape index (κ1) is 19.8. The molecule has 0 spiro atoms. The number of rotatable bonds is 7. The van der Waals surface area contributed by atoms with Crippen LogP contribution in [0.3, 0.4) is 0 Å². The van der Waals surface area contributed by atoms with E-state index in [-0.39, 0.29) is 6.04 Å². The number of nitrogens with one attached hydrogen (secondary N) is 2. The molecule has 1 unspecified atom stereocenters. The van der Waals surface area contributed by atoms with Crippen molar-refractivity contribution >= 4 is 17.7 Å². The Morgan fingerprint density at radius 3 is 2.74 bits per heavy atom. The van der Waals surface area contributed by atoms with E-state index in [4.69, 9.17) is 4.42 Å². The van der Waals surface area contributed by atoms with Crippen LogP contribution in [-0.2, 0) is 6.54 Å². The number of furan rings is 1. The van der Waals surface area contributed by atoms with Gasteiger partial charge < -0.3 is 15.1 Å². The Morgan fingerprint density at radius 2 is 2.07 bits per heavy atom. The second-order valence-electron chi connectivity index (χ2n) is 6.90. The van der Waals surface area contributed by atoms with Gasteiger partial charge >= 0.3 is 0 Å². The maximum atomic E-state index is 5.70. The normalized spacial score (nSPS) is 16.5.